The van der Waals surface area contributed by atoms with Crippen LogP contribution in [0.15, 0.2) is 90.3 Å². The van der Waals surface area contributed by atoms with E-state index in [0.29, 0.717) is 74.7 Å². The largest absolute Gasteiger partial charge is 0.493 e. The first-order chi connectivity index (χ1) is 42.6. The van der Waals surface area contributed by atoms with Crippen molar-refractivity contribution in [1.29, 1.82) is 0 Å². The average molecular weight is 1250 g/mol. The standard InChI is InChI=1S/C67H89ClN8O11S/c1-45(2)87-61-40-58-52(37-60(61)82-6)38-63(79)76(65(58)50-13-15-53(68)16-14-50)56-21-19-54(20-22-56)72(5)42-48-7-17-55(18-8-48)74-26-24-73(25-27-74)28-30-84-32-34-86-36-35-85-33-31-83-29-23-62(78)69-41-64(80)75-43-57(77)39-59(75)66(81)71-47(4)49-9-11-51(12-10-49)67-70-46(3)44-88-67/h9-16,19-22,37,40,44-45,47-48,55,57,59,65,77H,7-8,17-18,23-36,38-39,41-43H2,1-6H3,(H,69,78)(H,71,81)/t47-,48?,55?,57+,59-,65-/m0/s1. The minimum atomic E-state index is -0.844. The fourth-order valence-corrected chi connectivity index (χ4v) is 13.3. The van der Waals surface area contributed by atoms with Crippen LogP contribution in [0.25, 0.3) is 10.6 Å². The van der Waals surface area contributed by atoms with E-state index in [4.69, 9.17) is 40.0 Å². The molecule has 4 atom stereocenters. The number of methoxy groups -OCH3 is 1. The highest BCUT2D eigenvalue weighted by Crippen LogP contribution is 2.44. The normalized spacial score (nSPS) is 20.2. The van der Waals surface area contributed by atoms with Gasteiger partial charge >= 0.3 is 0 Å². The van der Waals surface area contributed by atoms with Crippen LogP contribution in [-0.4, -0.2) is 192 Å². The van der Waals surface area contributed by atoms with Crippen LogP contribution in [0, 0.1) is 12.8 Å². The number of amides is 4. The lowest BCUT2D eigenvalue weighted by atomic mass is 9.84. The molecule has 1 aliphatic carbocycles. The van der Waals surface area contributed by atoms with E-state index in [9.17, 15) is 24.3 Å². The number of rotatable bonds is 30. The number of fused-ring (bicyclic) bond motifs is 1. The molecule has 4 aromatic carbocycles. The van der Waals surface area contributed by atoms with Gasteiger partial charge in [0.2, 0.25) is 23.6 Å². The molecule has 0 spiro atoms. The summed E-state index contributed by atoms with van der Waals surface area (Å²) in [4.78, 5) is 68.4. The molecule has 0 unspecified atom stereocenters. The highest BCUT2D eigenvalue weighted by Gasteiger charge is 2.40. The summed E-state index contributed by atoms with van der Waals surface area (Å²) in [5, 5.41) is 19.5. The van der Waals surface area contributed by atoms with E-state index >= 15 is 0 Å². The highest BCUT2D eigenvalue weighted by atomic mass is 35.5. The molecule has 9 rings (SSSR count). The Balaban J connectivity index is 0.576. The number of hydrogen-bond acceptors (Lipinski definition) is 16. The number of aryl methyl sites for hydroxylation is 1. The Bertz CT molecular complexity index is 3050. The second-order valence-corrected chi connectivity index (χ2v) is 25.1. The maximum Gasteiger partial charge on any atom is 0.243 e. The van der Waals surface area contributed by atoms with Crippen LogP contribution >= 0.6 is 22.9 Å². The smallest absolute Gasteiger partial charge is 0.243 e. The number of likely N-dealkylation sites (tertiary alicyclic amines) is 1. The zero-order valence-corrected chi connectivity index (χ0v) is 53.5. The maximum absolute atomic E-state index is 14.1. The van der Waals surface area contributed by atoms with Crippen LogP contribution in [0.1, 0.15) is 99.3 Å². The number of carbonyl (C=O) groups excluding carboxylic acids is 4. The molecule has 88 heavy (non-hydrogen) atoms. The molecule has 3 fully saturated rings. The fraction of sp³-hybridized carbons (Fsp3) is 0.537. The van der Waals surface area contributed by atoms with E-state index in [-0.39, 0.29) is 74.9 Å². The lowest BCUT2D eigenvalue weighted by molar-refractivity contribution is -0.139. The second kappa shape index (κ2) is 32.5. The molecule has 3 aliphatic heterocycles. The number of nitrogens with zero attached hydrogens (tertiary/aromatic N) is 6. The van der Waals surface area contributed by atoms with Crippen molar-refractivity contribution in [1.82, 2.24) is 30.3 Å². The third kappa shape index (κ3) is 18.2. The van der Waals surface area contributed by atoms with Crippen molar-refractivity contribution in [3.8, 4) is 22.1 Å². The lowest BCUT2D eigenvalue weighted by Crippen LogP contribution is -2.51. The Kier molecular flexibility index (Phi) is 24.5. The van der Waals surface area contributed by atoms with Crippen LogP contribution in [0.2, 0.25) is 5.02 Å². The predicted molar refractivity (Wildman–Crippen MR) is 343 cm³/mol. The molecular weight excluding hydrogens is 1160 g/mol. The topological polar surface area (TPSA) is 197 Å². The summed E-state index contributed by atoms with van der Waals surface area (Å²) in [5.41, 5.74) is 7.75. The summed E-state index contributed by atoms with van der Waals surface area (Å²) in [6.07, 6.45) is 4.42. The number of thiazole rings is 1. The van der Waals surface area contributed by atoms with Crippen LogP contribution in [0.3, 0.4) is 0 Å². The van der Waals surface area contributed by atoms with Gasteiger partial charge in [-0.3, -0.25) is 29.0 Å². The third-order valence-corrected chi connectivity index (χ3v) is 18.4. The molecule has 476 valence electrons. The Hall–Kier alpha value is -6.20. The van der Waals surface area contributed by atoms with Gasteiger partial charge in [0.25, 0.3) is 0 Å². The SMILES string of the molecule is COc1cc2c(cc1OC(C)C)[C@H](c1ccc(Cl)cc1)N(c1ccc(N(C)CC3CCC(N4CCN(CCOCCOCCOCCOCCC(=O)NCC(=O)N5C[C@H](O)C[C@H]5C(=O)N[C@@H](C)c5ccc(-c6nc(C)cs6)cc5)CC4)CC3)cc1)C(=O)C2. The molecule has 4 amide bonds. The van der Waals surface area contributed by atoms with E-state index in [1.54, 1.807) is 18.4 Å². The van der Waals surface area contributed by atoms with Gasteiger partial charge in [0.05, 0.1) is 97.2 Å². The molecule has 1 saturated carbocycles. The number of carbonyl (C=O) groups is 4. The fourth-order valence-electron chi connectivity index (χ4n) is 12.4. The number of halogens is 1. The molecule has 4 aliphatic rings. The second-order valence-electron chi connectivity index (χ2n) is 23.8. The Morgan fingerprint density at radius 2 is 1.48 bits per heavy atom. The summed E-state index contributed by atoms with van der Waals surface area (Å²) < 4.78 is 34.7. The van der Waals surface area contributed by atoms with Gasteiger partial charge in [0.15, 0.2) is 11.5 Å². The Morgan fingerprint density at radius 1 is 0.818 bits per heavy atom. The number of hydrogen-bond donors (Lipinski definition) is 3. The van der Waals surface area contributed by atoms with E-state index in [1.807, 2.05) is 98.6 Å². The van der Waals surface area contributed by atoms with Crippen LogP contribution in [0.4, 0.5) is 11.4 Å². The molecule has 1 aromatic heterocycles. The van der Waals surface area contributed by atoms with Crippen LogP contribution in [-0.2, 0) is 44.5 Å². The predicted octanol–water partition coefficient (Wildman–Crippen LogP) is 8.27. The van der Waals surface area contributed by atoms with Crippen LogP contribution in [0.5, 0.6) is 11.5 Å². The van der Waals surface area contributed by atoms with Gasteiger partial charge in [-0.15, -0.1) is 11.3 Å². The first-order valence-corrected chi connectivity index (χ1v) is 32.5. The first kappa shape index (κ1) is 66.2. The quantitative estimate of drug-likeness (QED) is 0.0371. The maximum atomic E-state index is 14.1. The number of ether oxygens (including phenoxy) is 6. The summed E-state index contributed by atoms with van der Waals surface area (Å²) in [6.45, 7) is 17.1. The summed E-state index contributed by atoms with van der Waals surface area (Å²) in [5.74, 6) is 0.767. The minimum absolute atomic E-state index is 0.0161. The van der Waals surface area contributed by atoms with Crippen molar-refractivity contribution in [2.75, 3.05) is 129 Å². The molecule has 2 saturated heterocycles. The van der Waals surface area contributed by atoms with Crippen molar-refractivity contribution >= 4 is 57.9 Å². The number of anilines is 2. The monoisotopic (exact) mass is 1250 g/mol. The van der Waals surface area contributed by atoms with E-state index < -0.39 is 18.1 Å². The van der Waals surface area contributed by atoms with Gasteiger partial charge in [-0.2, -0.15) is 0 Å². The first-order valence-electron chi connectivity index (χ1n) is 31.2. The molecule has 5 aromatic rings. The molecule has 3 N–H and O–H groups in total. The summed E-state index contributed by atoms with van der Waals surface area (Å²) in [7, 11) is 3.81. The van der Waals surface area contributed by atoms with Crippen LogP contribution < -0.4 is 29.9 Å². The van der Waals surface area contributed by atoms with Gasteiger partial charge in [-0.05, 0) is 130 Å². The summed E-state index contributed by atoms with van der Waals surface area (Å²) in [6, 6.07) is 27.1. The zero-order valence-electron chi connectivity index (χ0n) is 52.0. The molecule has 0 radical (unpaired) electrons. The van der Waals surface area contributed by atoms with Crippen molar-refractivity contribution in [2.24, 2.45) is 5.92 Å². The third-order valence-electron chi connectivity index (χ3n) is 17.1. The number of piperazine rings is 1. The number of benzene rings is 4. The van der Waals surface area contributed by atoms with E-state index in [1.165, 1.54) is 30.6 Å². The number of aromatic nitrogens is 1. The van der Waals surface area contributed by atoms with Crippen molar-refractivity contribution in [3.63, 3.8) is 0 Å². The van der Waals surface area contributed by atoms with Gasteiger partial charge in [-0.25, -0.2) is 4.98 Å². The van der Waals surface area contributed by atoms with Gasteiger partial charge in [0.1, 0.15) is 11.0 Å². The summed E-state index contributed by atoms with van der Waals surface area (Å²) >= 11 is 7.93. The van der Waals surface area contributed by atoms with E-state index in [2.05, 4.69) is 61.6 Å². The molecule has 0 bridgehead atoms. The molecule has 4 heterocycles. The number of aliphatic hydroxyl groups is 1. The van der Waals surface area contributed by atoms with Gasteiger partial charge in [0, 0.05) is 105 Å². The highest BCUT2D eigenvalue weighted by molar-refractivity contribution is 7.13. The Labute approximate surface area is 527 Å². The molecular formula is C67H89ClN8O11S. The lowest BCUT2D eigenvalue weighted by Gasteiger charge is -2.42. The molecule has 19 nitrogen and oxygen atoms in total. The van der Waals surface area contributed by atoms with Crippen molar-refractivity contribution < 1.29 is 52.7 Å². The zero-order chi connectivity index (χ0) is 62.1. The number of β-amino-alcohol motifs (C(OH)–C–C–N with tert-alkyl or cyclic N) is 1. The van der Waals surface area contributed by atoms with Crippen molar-refractivity contribution in [3.05, 3.63) is 123 Å². The minimum Gasteiger partial charge on any atom is -0.493 e. The van der Waals surface area contributed by atoms with Gasteiger partial charge < -0.3 is 58.9 Å². The number of nitrogens with one attached hydrogen (secondary N) is 2. The van der Waals surface area contributed by atoms with Crippen molar-refractivity contribution in [2.45, 2.75) is 109 Å². The number of aliphatic hydroxyl groups excluding tert-OH is 1. The van der Waals surface area contributed by atoms with Gasteiger partial charge in [-0.1, -0.05) is 48.0 Å². The average Bonchev–Trinajstić information content (AvgIpc) is 1.17. The van der Waals surface area contributed by atoms with E-state index in [0.717, 1.165) is 89.2 Å². The Morgan fingerprint density at radius 3 is 2.11 bits per heavy atom. The molecule has 21 heteroatoms.